The summed E-state index contributed by atoms with van der Waals surface area (Å²) in [6.07, 6.45) is -4.03. The number of halogens is 3. The van der Waals surface area contributed by atoms with Crippen molar-refractivity contribution in [3.63, 3.8) is 0 Å². The standard InChI is InChI=1S/C10H20F3NO/c1-8(15-7-10(11,12)13)5-6-14-9(2,3)4/h8,14H,5-7H2,1-4H3. The molecule has 0 aromatic carbocycles. The Labute approximate surface area is 89.2 Å². The van der Waals surface area contributed by atoms with Crippen LogP contribution in [0.5, 0.6) is 0 Å². The van der Waals surface area contributed by atoms with E-state index in [0.717, 1.165) is 0 Å². The van der Waals surface area contributed by atoms with Crippen LogP contribution in [0.2, 0.25) is 0 Å². The zero-order chi connectivity index (χ0) is 12.1. The van der Waals surface area contributed by atoms with Crippen molar-refractivity contribution in [2.24, 2.45) is 0 Å². The lowest BCUT2D eigenvalue weighted by atomic mass is 10.1. The number of alkyl halides is 3. The van der Waals surface area contributed by atoms with Crippen LogP contribution in [0.4, 0.5) is 13.2 Å². The Morgan fingerprint density at radius 1 is 1.20 bits per heavy atom. The van der Waals surface area contributed by atoms with E-state index in [1.807, 2.05) is 20.8 Å². The topological polar surface area (TPSA) is 21.3 Å². The van der Waals surface area contributed by atoms with E-state index in [4.69, 9.17) is 0 Å². The van der Waals surface area contributed by atoms with E-state index < -0.39 is 12.8 Å². The number of rotatable bonds is 5. The highest BCUT2D eigenvalue weighted by atomic mass is 19.4. The normalized spacial score (nSPS) is 15.4. The fourth-order valence-corrected chi connectivity index (χ4v) is 0.971. The SMILES string of the molecule is CC(CCNC(C)(C)C)OCC(F)(F)F. The second-order valence-electron chi connectivity index (χ2n) is 4.70. The fourth-order valence-electron chi connectivity index (χ4n) is 0.971. The first kappa shape index (κ1) is 14.7. The number of ether oxygens (including phenoxy) is 1. The first-order valence-corrected chi connectivity index (χ1v) is 5.03. The van der Waals surface area contributed by atoms with Gasteiger partial charge in [-0.2, -0.15) is 13.2 Å². The summed E-state index contributed by atoms with van der Waals surface area (Å²) in [6, 6.07) is 0. The van der Waals surface area contributed by atoms with Gasteiger partial charge in [-0.25, -0.2) is 0 Å². The van der Waals surface area contributed by atoms with Gasteiger partial charge in [-0.1, -0.05) is 0 Å². The van der Waals surface area contributed by atoms with Crippen molar-refractivity contribution < 1.29 is 17.9 Å². The molecular weight excluding hydrogens is 207 g/mol. The highest BCUT2D eigenvalue weighted by Crippen LogP contribution is 2.16. The zero-order valence-electron chi connectivity index (χ0n) is 9.74. The quantitative estimate of drug-likeness (QED) is 0.779. The Bertz CT molecular complexity index is 174. The Hall–Kier alpha value is -0.290. The molecule has 0 saturated heterocycles. The smallest absolute Gasteiger partial charge is 0.369 e. The molecule has 0 aliphatic rings. The third kappa shape index (κ3) is 11.6. The predicted molar refractivity (Wildman–Crippen MR) is 53.8 cm³/mol. The number of hydrogen-bond acceptors (Lipinski definition) is 2. The van der Waals surface area contributed by atoms with E-state index in [9.17, 15) is 13.2 Å². The molecule has 1 N–H and O–H groups in total. The van der Waals surface area contributed by atoms with E-state index >= 15 is 0 Å². The molecule has 0 radical (unpaired) electrons. The molecule has 0 fully saturated rings. The summed E-state index contributed by atoms with van der Waals surface area (Å²) in [5, 5.41) is 3.19. The minimum atomic E-state index is -4.23. The van der Waals surface area contributed by atoms with Gasteiger partial charge >= 0.3 is 6.18 Å². The molecule has 1 unspecified atom stereocenters. The first-order chi connectivity index (χ1) is 6.60. The van der Waals surface area contributed by atoms with Gasteiger partial charge in [0.1, 0.15) is 6.61 Å². The largest absolute Gasteiger partial charge is 0.411 e. The Morgan fingerprint density at radius 2 is 1.73 bits per heavy atom. The summed E-state index contributed by atoms with van der Waals surface area (Å²) in [5.41, 5.74) is -0.0102. The van der Waals surface area contributed by atoms with Crippen molar-refractivity contribution in [1.82, 2.24) is 5.32 Å². The second kappa shape index (κ2) is 5.70. The van der Waals surface area contributed by atoms with Gasteiger partial charge in [-0.3, -0.25) is 0 Å². The monoisotopic (exact) mass is 227 g/mol. The van der Waals surface area contributed by atoms with Crippen LogP contribution in [-0.4, -0.2) is 31.0 Å². The summed E-state index contributed by atoms with van der Waals surface area (Å²) in [7, 11) is 0. The molecule has 0 rings (SSSR count). The Morgan fingerprint density at radius 3 is 2.13 bits per heavy atom. The molecule has 0 heterocycles. The van der Waals surface area contributed by atoms with E-state index in [1.165, 1.54) is 0 Å². The predicted octanol–water partition coefficient (Wildman–Crippen LogP) is 2.73. The maximum Gasteiger partial charge on any atom is 0.411 e. The maximum atomic E-state index is 11.8. The molecule has 2 nitrogen and oxygen atoms in total. The molecule has 1 atom stereocenters. The summed E-state index contributed by atoms with van der Waals surface area (Å²) in [5.74, 6) is 0. The van der Waals surface area contributed by atoms with Gasteiger partial charge in [0.25, 0.3) is 0 Å². The van der Waals surface area contributed by atoms with Crippen molar-refractivity contribution in [1.29, 1.82) is 0 Å². The zero-order valence-corrected chi connectivity index (χ0v) is 9.74. The van der Waals surface area contributed by atoms with Gasteiger partial charge in [0.2, 0.25) is 0 Å². The fraction of sp³-hybridized carbons (Fsp3) is 1.00. The summed E-state index contributed by atoms with van der Waals surface area (Å²) in [4.78, 5) is 0. The van der Waals surface area contributed by atoms with Gasteiger partial charge in [0.05, 0.1) is 6.10 Å². The summed E-state index contributed by atoms with van der Waals surface area (Å²) in [6.45, 7) is 7.17. The lowest BCUT2D eigenvalue weighted by Gasteiger charge is -2.22. The third-order valence-corrected chi connectivity index (χ3v) is 1.74. The van der Waals surface area contributed by atoms with Crippen LogP contribution in [0.1, 0.15) is 34.1 Å². The molecule has 0 aliphatic heterocycles. The van der Waals surface area contributed by atoms with Gasteiger partial charge in [-0.15, -0.1) is 0 Å². The lowest BCUT2D eigenvalue weighted by molar-refractivity contribution is -0.184. The van der Waals surface area contributed by atoms with Crippen LogP contribution >= 0.6 is 0 Å². The Balaban J connectivity index is 3.54. The Kier molecular flexibility index (Phi) is 5.59. The first-order valence-electron chi connectivity index (χ1n) is 5.03. The van der Waals surface area contributed by atoms with Gasteiger partial charge in [0, 0.05) is 5.54 Å². The van der Waals surface area contributed by atoms with Crippen molar-refractivity contribution in [3.8, 4) is 0 Å². The molecule has 0 saturated carbocycles. The van der Waals surface area contributed by atoms with Crippen LogP contribution in [0.25, 0.3) is 0 Å². The maximum absolute atomic E-state index is 11.8. The average molecular weight is 227 g/mol. The molecule has 0 aromatic rings. The van der Waals surface area contributed by atoms with Crippen LogP contribution < -0.4 is 5.32 Å². The third-order valence-electron chi connectivity index (χ3n) is 1.74. The molecule has 0 bridgehead atoms. The molecule has 15 heavy (non-hydrogen) atoms. The number of nitrogens with one attached hydrogen (secondary N) is 1. The molecule has 0 amide bonds. The van der Waals surface area contributed by atoms with Crippen LogP contribution in [-0.2, 0) is 4.74 Å². The molecule has 0 spiro atoms. The van der Waals surface area contributed by atoms with Crippen LogP contribution in [0.15, 0.2) is 0 Å². The molecule has 0 aromatic heterocycles. The highest BCUT2D eigenvalue weighted by Gasteiger charge is 2.28. The second-order valence-corrected chi connectivity index (χ2v) is 4.70. The minimum Gasteiger partial charge on any atom is -0.369 e. The molecular formula is C10H20F3NO. The van der Waals surface area contributed by atoms with E-state index in [1.54, 1.807) is 6.92 Å². The molecule has 92 valence electrons. The van der Waals surface area contributed by atoms with Gasteiger partial charge < -0.3 is 10.1 Å². The highest BCUT2D eigenvalue weighted by molar-refractivity contribution is 4.70. The molecule has 0 aliphatic carbocycles. The van der Waals surface area contributed by atoms with Crippen molar-refractivity contribution in [2.45, 2.75) is 51.9 Å². The average Bonchev–Trinajstić information content (AvgIpc) is 1.97. The lowest BCUT2D eigenvalue weighted by Crippen LogP contribution is -2.37. The number of hydrogen-bond donors (Lipinski definition) is 1. The summed E-state index contributed by atoms with van der Waals surface area (Å²) < 4.78 is 40.0. The summed E-state index contributed by atoms with van der Waals surface area (Å²) >= 11 is 0. The van der Waals surface area contributed by atoms with Crippen molar-refractivity contribution in [3.05, 3.63) is 0 Å². The molecule has 5 heteroatoms. The van der Waals surface area contributed by atoms with Crippen molar-refractivity contribution >= 4 is 0 Å². The van der Waals surface area contributed by atoms with E-state index in [2.05, 4.69) is 10.1 Å². The van der Waals surface area contributed by atoms with Gasteiger partial charge in [0.15, 0.2) is 0 Å². The van der Waals surface area contributed by atoms with E-state index in [0.29, 0.717) is 13.0 Å². The minimum absolute atomic E-state index is 0.0102. The van der Waals surface area contributed by atoms with Crippen LogP contribution in [0.3, 0.4) is 0 Å². The van der Waals surface area contributed by atoms with Crippen molar-refractivity contribution in [2.75, 3.05) is 13.2 Å². The van der Waals surface area contributed by atoms with E-state index in [-0.39, 0.29) is 11.6 Å². The van der Waals surface area contributed by atoms with Gasteiger partial charge in [-0.05, 0) is 40.7 Å². The van der Waals surface area contributed by atoms with Crippen LogP contribution in [0, 0.1) is 0 Å².